The molecular formula is C13H17ClN2O. The number of anilines is 2. The highest BCUT2D eigenvalue weighted by Gasteiger charge is 2.39. The minimum Gasteiger partial charge on any atom is -0.370 e. The van der Waals surface area contributed by atoms with E-state index in [0.717, 1.165) is 11.4 Å². The summed E-state index contributed by atoms with van der Waals surface area (Å²) in [5.41, 5.74) is 1.23. The van der Waals surface area contributed by atoms with Crippen LogP contribution in [0.4, 0.5) is 11.4 Å². The Hall–Kier alpha value is -1.22. The molecule has 1 amide bonds. The molecule has 0 radical (unpaired) electrons. The van der Waals surface area contributed by atoms with Gasteiger partial charge < -0.3 is 10.2 Å². The number of nitrogens with one attached hydrogen (secondary N) is 1. The third kappa shape index (κ3) is 2.00. The molecule has 0 spiro atoms. The highest BCUT2D eigenvalue weighted by Crippen LogP contribution is 2.38. The van der Waals surface area contributed by atoms with Gasteiger partial charge in [-0.15, -0.1) is 0 Å². The molecule has 1 aliphatic heterocycles. The third-order valence-corrected chi connectivity index (χ3v) is 3.17. The zero-order valence-corrected chi connectivity index (χ0v) is 11.3. The van der Waals surface area contributed by atoms with E-state index in [-0.39, 0.29) is 11.9 Å². The molecule has 0 aliphatic carbocycles. The molecule has 17 heavy (non-hydrogen) atoms. The number of fused-ring (bicyclic) bond motifs is 1. The van der Waals surface area contributed by atoms with Crippen LogP contribution in [0, 0.1) is 0 Å². The number of rotatable bonds is 1. The minimum atomic E-state index is -0.578. The summed E-state index contributed by atoms with van der Waals surface area (Å²) in [4.78, 5) is 14.2. The molecule has 0 aromatic heterocycles. The predicted octanol–water partition coefficient (Wildman–Crippen LogP) is 3.29. The lowest BCUT2D eigenvalue weighted by molar-refractivity contribution is -0.122. The zero-order chi connectivity index (χ0) is 12.8. The molecule has 0 saturated heterocycles. The van der Waals surface area contributed by atoms with Crippen molar-refractivity contribution in [2.45, 2.75) is 39.3 Å². The smallest absolute Gasteiger partial charge is 0.252 e. The monoisotopic (exact) mass is 252 g/mol. The van der Waals surface area contributed by atoms with Crippen LogP contribution in [0.1, 0.15) is 27.7 Å². The average molecular weight is 253 g/mol. The topological polar surface area (TPSA) is 32.3 Å². The summed E-state index contributed by atoms with van der Waals surface area (Å²) in [7, 11) is 0. The SMILES string of the molecule is CC(C)N1C(=O)C(C)(C)Nc2ccc(Cl)cc21. The summed E-state index contributed by atoms with van der Waals surface area (Å²) in [5, 5.41) is 3.89. The molecule has 3 nitrogen and oxygen atoms in total. The molecule has 0 fully saturated rings. The fraction of sp³-hybridized carbons (Fsp3) is 0.462. The Balaban J connectivity index is 2.59. The normalized spacial score (nSPS) is 18.0. The molecule has 4 heteroatoms. The number of amides is 1. The van der Waals surface area contributed by atoms with Crippen molar-refractivity contribution in [1.82, 2.24) is 0 Å². The van der Waals surface area contributed by atoms with Gasteiger partial charge in [-0.1, -0.05) is 11.6 Å². The molecule has 1 N–H and O–H groups in total. The first-order chi connectivity index (χ1) is 7.83. The molecule has 92 valence electrons. The van der Waals surface area contributed by atoms with E-state index in [1.807, 2.05) is 45.9 Å². The Labute approximate surface area is 107 Å². The van der Waals surface area contributed by atoms with Crippen LogP contribution in [0.25, 0.3) is 0 Å². The van der Waals surface area contributed by atoms with Crippen molar-refractivity contribution in [2.75, 3.05) is 10.2 Å². The van der Waals surface area contributed by atoms with Crippen LogP contribution in [0.2, 0.25) is 5.02 Å². The Morgan fingerprint density at radius 3 is 2.59 bits per heavy atom. The average Bonchev–Trinajstić information content (AvgIpc) is 2.20. The molecule has 2 rings (SSSR count). The zero-order valence-electron chi connectivity index (χ0n) is 10.5. The van der Waals surface area contributed by atoms with E-state index < -0.39 is 5.54 Å². The van der Waals surface area contributed by atoms with Gasteiger partial charge in [0.05, 0.1) is 11.4 Å². The van der Waals surface area contributed by atoms with Gasteiger partial charge in [-0.25, -0.2) is 0 Å². The standard InChI is InChI=1S/C13H17ClN2O/c1-8(2)16-11-7-9(14)5-6-10(11)15-13(3,4)12(16)17/h5-8,15H,1-4H3. The van der Waals surface area contributed by atoms with Crippen molar-refractivity contribution < 1.29 is 4.79 Å². The fourth-order valence-electron chi connectivity index (χ4n) is 2.12. The number of benzene rings is 1. The van der Waals surface area contributed by atoms with Crippen molar-refractivity contribution in [1.29, 1.82) is 0 Å². The van der Waals surface area contributed by atoms with Crippen LogP contribution in [-0.4, -0.2) is 17.5 Å². The van der Waals surface area contributed by atoms with Crippen molar-refractivity contribution in [2.24, 2.45) is 0 Å². The first kappa shape index (κ1) is 12.2. The van der Waals surface area contributed by atoms with Gasteiger partial charge in [-0.3, -0.25) is 4.79 Å². The number of halogens is 1. The van der Waals surface area contributed by atoms with E-state index >= 15 is 0 Å². The molecule has 0 unspecified atom stereocenters. The van der Waals surface area contributed by atoms with Crippen molar-refractivity contribution in [3.63, 3.8) is 0 Å². The Kier molecular flexibility index (Phi) is 2.82. The van der Waals surface area contributed by atoms with Crippen molar-refractivity contribution in [3.8, 4) is 0 Å². The lowest BCUT2D eigenvalue weighted by Crippen LogP contribution is -2.56. The second-order valence-electron chi connectivity index (χ2n) is 5.18. The molecule has 0 saturated carbocycles. The second-order valence-corrected chi connectivity index (χ2v) is 5.62. The fourth-order valence-corrected chi connectivity index (χ4v) is 2.29. The van der Waals surface area contributed by atoms with Crippen LogP contribution in [-0.2, 0) is 4.79 Å². The summed E-state index contributed by atoms with van der Waals surface area (Å²) >= 11 is 6.00. The van der Waals surface area contributed by atoms with E-state index in [2.05, 4.69) is 5.32 Å². The maximum atomic E-state index is 12.4. The molecular weight excluding hydrogens is 236 g/mol. The molecule has 0 atom stereocenters. The highest BCUT2D eigenvalue weighted by molar-refractivity contribution is 6.31. The van der Waals surface area contributed by atoms with E-state index in [1.54, 1.807) is 4.90 Å². The van der Waals surface area contributed by atoms with Gasteiger partial charge in [0.15, 0.2) is 0 Å². The van der Waals surface area contributed by atoms with E-state index in [0.29, 0.717) is 5.02 Å². The van der Waals surface area contributed by atoms with Crippen LogP contribution in [0.3, 0.4) is 0 Å². The first-order valence-electron chi connectivity index (χ1n) is 5.74. The Morgan fingerprint density at radius 2 is 2.00 bits per heavy atom. The number of carbonyl (C=O) groups excluding carboxylic acids is 1. The third-order valence-electron chi connectivity index (χ3n) is 2.94. The number of carbonyl (C=O) groups is 1. The predicted molar refractivity (Wildman–Crippen MR) is 71.8 cm³/mol. The Morgan fingerprint density at radius 1 is 1.35 bits per heavy atom. The summed E-state index contributed by atoms with van der Waals surface area (Å²) in [5.74, 6) is 0.0715. The van der Waals surface area contributed by atoms with Gasteiger partial charge in [0.1, 0.15) is 5.54 Å². The van der Waals surface area contributed by atoms with Gasteiger partial charge in [0.25, 0.3) is 5.91 Å². The summed E-state index contributed by atoms with van der Waals surface area (Å²) < 4.78 is 0. The largest absolute Gasteiger partial charge is 0.370 e. The van der Waals surface area contributed by atoms with E-state index in [4.69, 9.17) is 11.6 Å². The van der Waals surface area contributed by atoms with Gasteiger partial charge in [0.2, 0.25) is 0 Å². The van der Waals surface area contributed by atoms with Gasteiger partial charge in [0, 0.05) is 11.1 Å². The summed E-state index contributed by atoms with van der Waals surface area (Å²) in [6, 6.07) is 5.69. The number of nitrogens with zero attached hydrogens (tertiary/aromatic N) is 1. The summed E-state index contributed by atoms with van der Waals surface area (Å²) in [6.45, 7) is 7.79. The van der Waals surface area contributed by atoms with Crippen molar-refractivity contribution in [3.05, 3.63) is 23.2 Å². The lowest BCUT2D eigenvalue weighted by atomic mass is 9.97. The van der Waals surface area contributed by atoms with Gasteiger partial charge in [-0.05, 0) is 45.9 Å². The molecule has 1 heterocycles. The minimum absolute atomic E-state index is 0.0715. The van der Waals surface area contributed by atoms with E-state index in [9.17, 15) is 4.79 Å². The van der Waals surface area contributed by atoms with Gasteiger partial charge >= 0.3 is 0 Å². The van der Waals surface area contributed by atoms with Crippen molar-refractivity contribution >= 4 is 28.9 Å². The Bertz CT molecular complexity index is 468. The quantitative estimate of drug-likeness (QED) is 0.832. The molecule has 1 aliphatic rings. The first-order valence-corrected chi connectivity index (χ1v) is 6.12. The van der Waals surface area contributed by atoms with Crippen LogP contribution >= 0.6 is 11.6 Å². The second kappa shape index (κ2) is 3.91. The maximum absolute atomic E-state index is 12.4. The highest BCUT2D eigenvalue weighted by atomic mass is 35.5. The van der Waals surface area contributed by atoms with Crippen LogP contribution < -0.4 is 10.2 Å². The van der Waals surface area contributed by atoms with Gasteiger partial charge in [-0.2, -0.15) is 0 Å². The maximum Gasteiger partial charge on any atom is 0.252 e. The van der Waals surface area contributed by atoms with E-state index in [1.165, 1.54) is 0 Å². The molecule has 1 aromatic rings. The number of hydrogen-bond acceptors (Lipinski definition) is 2. The molecule has 0 bridgehead atoms. The van der Waals surface area contributed by atoms with Crippen LogP contribution in [0.15, 0.2) is 18.2 Å². The number of hydrogen-bond donors (Lipinski definition) is 1. The lowest BCUT2D eigenvalue weighted by Gasteiger charge is -2.42. The molecule has 1 aromatic carbocycles. The van der Waals surface area contributed by atoms with Crippen LogP contribution in [0.5, 0.6) is 0 Å². The summed E-state index contributed by atoms with van der Waals surface area (Å²) in [6.07, 6.45) is 0.